The molecule has 1 atom stereocenters. The Morgan fingerprint density at radius 1 is 1.47 bits per heavy atom. The fraction of sp³-hybridized carbons (Fsp3) is 0.357. The lowest BCUT2D eigenvalue weighted by molar-refractivity contribution is 0.192. The van der Waals surface area contributed by atoms with Gasteiger partial charge in [0.2, 0.25) is 0 Å². The Labute approximate surface area is 112 Å². The first-order chi connectivity index (χ1) is 9.28. The van der Waals surface area contributed by atoms with Crippen molar-refractivity contribution in [3.63, 3.8) is 0 Å². The standard InChI is InChI=1S/C14H18FN3O/c1-2-12(9-16-10-14-17-6-7-18-14)19-13-5-3-4-11(15)8-13/h3-8,12,16H,2,9-10H2,1H3,(H,17,18). The Morgan fingerprint density at radius 3 is 3.05 bits per heavy atom. The maximum absolute atomic E-state index is 13.1. The van der Waals surface area contributed by atoms with E-state index in [-0.39, 0.29) is 11.9 Å². The lowest BCUT2D eigenvalue weighted by Crippen LogP contribution is -2.30. The first-order valence-electron chi connectivity index (χ1n) is 6.39. The van der Waals surface area contributed by atoms with Crippen molar-refractivity contribution in [1.82, 2.24) is 15.3 Å². The van der Waals surface area contributed by atoms with Crippen LogP contribution in [0.15, 0.2) is 36.7 Å². The highest BCUT2D eigenvalue weighted by Gasteiger charge is 2.08. The van der Waals surface area contributed by atoms with Crippen LogP contribution in [0.5, 0.6) is 5.75 Å². The van der Waals surface area contributed by atoms with Gasteiger partial charge in [0, 0.05) is 25.0 Å². The number of benzene rings is 1. The van der Waals surface area contributed by atoms with Crippen LogP contribution in [-0.2, 0) is 6.54 Å². The van der Waals surface area contributed by atoms with E-state index in [4.69, 9.17) is 4.74 Å². The number of aromatic nitrogens is 2. The van der Waals surface area contributed by atoms with Crippen LogP contribution < -0.4 is 10.1 Å². The van der Waals surface area contributed by atoms with Crippen molar-refractivity contribution in [2.24, 2.45) is 0 Å². The van der Waals surface area contributed by atoms with E-state index < -0.39 is 0 Å². The number of hydrogen-bond acceptors (Lipinski definition) is 3. The maximum atomic E-state index is 13.1. The number of H-pyrrole nitrogens is 1. The van der Waals surface area contributed by atoms with Gasteiger partial charge in [-0.05, 0) is 18.6 Å². The van der Waals surface area contributed by atoms with Crippen molar-refractivity contribution in [2.45, 2.75) is 26.0 Å². The summed E-state index contributed by atoms with van der Waals surface area (Å²) in [6.07, 6.45) is 4.37. The third-order valence-corrected chi connectivity index (χ3v) is 2.77. The molecule has 2 rings (SSSR count). The molecule has 0 amide bonds. The van der Waals surface area contributed by atoms with Gasteiger partial charge in [-0.2, -0.15) is 0 Å². The van der Waals surface area contributed by atoms with Crippen LogP contribution in [-0.4, -0.2) is 22.6 Å². The molecule has 0 aliphatic carbocycles. The third-order valence-electron chi connectivity index (χ3n) is 2.77. The molecule has 19 heavy (non-hydrogen) atoms. The largest absolute Gasteiger partial charge is 0.489 e. The number of aromatic amines is 1. The van der Waals surface area contributed by atoms with Gasteiger partial charge in [-0.3, -0.25) is 0 Å². The minimum atomic E-state index is -0.282. The molecule has 0 aliphatic rings. The molecule has 0 bridgehead atoms. The smallest absolute Gasteiger partial charge is 0.126 e. The minimum Gasteiger partial charge on any atom is -0.489 e. The summed E-state index contributed by atoms with van der Waals surface area (Å²) in [5, 5.41) is 3.26. The number of nitrogens with one attached hydrogen (secondary N) is 2. The summed E-state index contributed by atoms with van der Waals surface area (Å²) in [5.41, 5.74) is 0. The van der Waals surface area contributed by atoms with E-state index in [9.17, 15) is 4.39 Å². The Morgan fingerprint density at radius 2 is 2.37 bits per heavy atom. The van der Waals surface area contributed by atoms with Crippen LogP contribution in [0.1, 0.15) is 19.2 Å². The number of rotatable bonds is 7. The van der Waals surface area contributed by atoms with Crippen LogP contribution in [0.3, 0.4) is 0 Å². The Bertz CT molecular complexity index is 487. The Hall–Kier alpha value is -1.88. The fourth-order valence-electron chi connectivity index (χ4n) is 1.75. The van der Waals surface area contributed by atoms with Gasteiger partial charge in [-0.15, -0.1) is 0 Å². The van der Waals surface area contributed by atoms with E-state index in [1.165, 1.54) is 12.1 Å². The van der Waals surface area contributed by atoms with Crippen molar-refractivity contribution >= 4 is 0 Å². The average molecular weight is 263 g/mol. The Kier molecular flexibility index (Phi) is 4.92. The normalized spacial score (nSPS) is 12.3. The van der Waals surface area contributed by atoms with E-state index in [1.807, 2.05) is 6.92 Å². The SMILES string of the molecule is CCC(CNCc1ncc[nH]1)Oc1cccc(F)c1. The lowest BCUT2D eigenvalue weighted by Gasteiger charge is -2.18. The average Bonchev–Trinajstić information content (AvgIpc) is 2.91. The summed E-state index contributed by atoms with van der Waals surface area (Å²) in [5.74, 6) is 1.17. The molecule has 0 fully saturated rings. The molecule has 5 heteroatoms. The molecule has 4 nitrogen and oxygen atoms in total. The second-order valence-electron chi connectivity index (χ2n) is 4.27. The summed E-state index contributed by atoms with van der Waals surface area (Å²) < 4.78 is 18.8. The second kappa shape index (κ2) is 6.89. The summed E-state index contributed by atoms with van der Waals surface area (Å²) in [7, 11) is 0. The van der Waals surface area contributed by atoms with Gasteiger partial charge < -0.3 is 15.0 Å². The van der Waals surface area contributed by atoms with Crippen LogP contribution in [0.2, 0.25) is 0 Å². The number of hydrogen-bond donors (Lipinski definition) is 2. The number of nitrogens with zero attached hydrogens (tertiary/aromatic N) is 1. The van der Waals surface area contributed by atoms with Crippen LogP contribution in [0, 0.1) is 5.82 Å². The molecule has 2 aromatic rings. The summed E-state index contributed by atoms with van der Waals surface area (Å²) in [6, 6.07) is 6.21. The van der Waals surface area contributed by atoms with Crippen molar-refractivity contribution in [2.75, 3.05) is 6.54 Å². The molecule has 0 radical (unpaired) electrons. The van der Waals surface area contributed by atoms with Gasteiger partial charge in [0.15, 0.2) is 0 Å². The highest BCUT2D eigenvalue weighted by molar-refractivity contribution is 5.22. The minimum absolute atomic E-state index is 0.0109. The zero-order valence-corrected chi connectivity index (χ0v) is 10.9. The first-order valence-corrected chi connectivity index (χ1v) is 6.39. The molecule has 102 valence electrons. The van der Waals surface area contributed by atoms with Gasteiger partial charge >= 0.3 is 0 Å². The molecular weight excluding hydrogens is 245 g/mol. The number of halogens is 1. The quantitative estimate of drug-likeness (QED) is 0.807. The second-order valence-corrected chi connectivity index (χ2v) is 4.27. The lowest BCUT2D eigenvalue weighted by atomic mass is 10.2. The van der Waals surface area contributed by atoms with E-state index in [2.05, 4.69) is 15.3 Å². The predicted molar refractivity (Wildman–Crippen MR) is 71.4 cm³/mol. The number of ether oxygens (including phenoxy) is 1. The molecule has 0 saturated carbocycles. The molecule has 1 heterocycles. The fourth-order valence-corrected chi connectivity index (χ4v) is 1.75. The van der Waals surface area contributed by atoms with Gasteiger partial charge in [-0.25, -0.2) is 9.37 Å². The van der Waals surface area contributed by atoms with Crippen molar-refractivity contribution in [3.8, 4) is 5.75 Å². The van der Waals surface area contributed by atoms with Crippen LogP contribution in [0.25, 0.3) is 0 Å². The van der Waals surface area contributed by atoms with E-state index >= 15 is 0 Å². The summed E-state index contributed by atoms with van der Waals surface area (Å²) in [4.78, 5) is 7.15. The van der Waals surface area contributed by atoms with Crippen molar-refractivity contribution < 1.29 is 9.13 Å². The van der Waals surface area contributed by atoms with Crippen molar-refractivity contribution in [3.05, 3.63) is 48.3 Å². The van der Waals surface area contributed by atoms with E-state index in [0.29, 0.717) is 18.8 Å². The molecule has 2 N–H and O–H groups in total. The zero-order chi connectivity index (χ0) is 13.5. The summed E-state index contributed by atoms with van der Waals surface area (Å²) in [6.45, 7) is 3.39. The highest BCUT2D eigenvalue weighted by Crippen LogP contribution is 2.14. The van der Waals surface area contributed by atoms with Gasteiger partial charge in [0.25, 0.3) is 0 Å². The third kappa shape index (κ3) is 4.37. The van der Waals surface area contributed by atoms with Gasteiger partial charge in [0.1, 0.15) is 23.5 Å². The monoisotopic (exact) mass is 263 g/mol. The topological polar surface area (TPSA) is 49.9 Å². The van der Waals surface area contributed by atoms with Gasteiger partial charge in [-0.1, -0.05) is 13.0 Å². The van der Waals surface area contributed by atoms with Crippen LogP contribution in [0.4, 0.5) is 4.39 Å². The number of imidazole rings is 1. The predicted octanol–water partition coefficient (Wildman–Crippen LogP) is 2.50. The first kappa shape index (κ1) is 13.5. The van der Waals surface area contributed by atoms with E-state index in [0.717, 1.165) is 12.2 Å². The molecule has 1 aromatic carbocycles. The molecular formula is C14H18FN3O. The van der Waals surface area contributed by atoms with Gasteiger partial charge in [0.05, 0.1) is 6.54 Å². The maximum Gasteiger partial charge on any atom is 0.126 e. The summed E-state index contributed by atoms with van der Waals surface area (Å²) >= 11 is 0. The Balaban J connectivity index is 1.80. The molecule has 0 saturated heterocycles. The highest BCUT2D eigenvalue weighted by atomic mass is 19.1. The van der Waals surface area contributed by atoms with Crippen molar-refractivity contribution in [1.29, 1.82) is 0 Å². The molecule has 1 unspecified atom stereocenters. The molecule has 0 spiro atoms. The molecule has 0 aliphatic heterocycles. The van der Waals surface area contributed by atoms with Crippen LogP contribution >= 0.6 is 0 Å². The molecule has 1 aromatic heterocycles. The zero-order valence-electron chi connectivity index (χ0n) is 10.9. The van der Waals surface area contributed by atoms with E-state index in [1.54, 1.807) is 24.5 Å².